The van der Waals surface area contributed by atoms with Crippen molar-refractivity contribution in [3.05, 3.63) is 47.3 Å². The molecule has 1 N–H and O–H groups in total. The lowest BCUT2D eigenvalue weighted by atomic mass is 10.1. The number of anilines is 1. The maximum Gasteiger partial charge on any atom is 0.258 e. The Morgan fingerprint density at radius 2 is 1.67 bits per heavy atom. The number of ether oxygens (including phenoxy) is 3. The van der Waals surface area contributed by atoms with Crippen molar-refractivity contribution in [3.63, 3.8) is 0 Å². The normalized spacial score (nSPS) is 10.2. The number of carbonyl (C=O) groups is 1. The minimum atomic E-state index is -1.51. The number of benzene rings is 2. The summed E-state index contributed by atoms with van der Waals surface area (Å²) >= 11 is 0. The number of rotatable bonds is 5. The highest BCUT2D eigenvalue weighted by Crippen LogP contribution is 2.31. The molecule has 0 unspecified atom stereocenters. The van der Waals surface area contributed by atoms with Crippen molar-refractivity contribution in [2.45, 2.75) is 0 Å². The first-order chi connectivity index (χ1) is 11.4. The SMILES string of the molecule is COc1ccc(OC)c(NC(=O)c2cc(F)c(F)c(OC)c2F)c1. The van der Waals surface area contributed by atoms with Gasteiger partial charge < -0.3 is 19.5 Å². The molecule has 24 heavy (non-hydrogen) atoms. The molecule has 0 aliphatic carbocycles. The van der Waals surface area contributed by atoms with E-state index in [-0.39, 0.29) is 11.4 Å². The first-order valence-corrected chi connectivity index (χ1v) is 6.67. The second kappa shape index (κ2) is 7.12. The number of hydrogen-bond donors (Lipinski definition) is 1. The van der Waals surface area contributed by atoms with E-state index in [9.17, 15) is 18.0 Å². The maximum absolute atomic E-state index is 14.1. The highest BCUT2D eigenvalue weighted by molar-refractivity contribution is 6.05. The monoisotopic (exact) mass is 341 g/mol. The zero-order chi connectivity index (χ0) is 17.9. The molecular weight excluding hydrogens is 327 g/mol. The average Bonchev–Trinajstić information content (AvgIpc) is 2.58. The molecule has 2 aromatic rings. The summed E-state index contributed by atoms with van der Waals surface area (Å²) in [5, 5.41) is 2.36. The Morgan fingerprint density at radius 1 is 0.958 bits per heavy atom. The fourth-order valence-corrected chi connectivity index (χ4v) is 2.03. The highest BCUT2D eigenvalue weighted by atomic mass is 19.2. The van der Waals surface area contributed by atoms with Gasteiger partial charge in [0.1, 0.15) is 11.5 Å². The van der Waals surface area contributed by atoms with Crippen LogP contribution in [0.5, 0.6) is 17.2 Å². The summed E-state index contributed by atoms with van der Waals surface area (Å²) < 4.78 is 55.7. The van der Waals surface area contributed by atoms with Crippen molar-refractivity contribution in [2.24, 2.45) is 0 Å². The van der Waals surface area contributed by atoms with Crippen LogP contribution in [0.2, 0.25) is 0 Å². The topological polar surface area (TPSA) is 56.8 Å². The molecule has 0 heterocycles. The molecule has 5 nitrogen and oxygen atoms in total. The van der Waals surface area contributed by atoms with Crippen molar-refractivity contribution in [3.8, 4) is 17.2 Å². The third kappa shape index (κ3) is 3.22. The molecule has 0 aromatic heterocycles. The van der Waals surface area contributed by atoms with Crippen LogP contribution >= 0.6 is 0 Å². The first-order valence-electron chi connectivity index (χ1n) is 6.67. The molecule has 0 saturated heterocycles. The Balaban J connectivity index is 2.43. The van der Waals surface area contributed by atoms with Crippen molar-refractivity contribution in [1.82, 2.24) is 0 Å². The van der Waals surface area contributed by atoms with Gasteiger partial charge >= 0.3 is 0 Å². The van der Waals surface area contributed by atoms with Crippen LogP contribution in [-0.4, -0.2) is 27.2 Å². The van der Waals surface area contributed by atoms with Gasteiger partial charge in [-0.05, 0) is 18.2 Å². The minimum absolute atomic E-state index is 0.171. The molecule has 0 aliphatic rings. The third-order valence-electron chi connectivity index (χ3n) is 3.22. The van der Waals surface area contributed by atoms with E-state index in [2.05, 4.69) is 10.1 Å². The van der Waals surface area contributed by atoms with E-state index >= 15 is 0 Å². The van der Waals surface area contributed by atoms with Crippen molar-refractivity contribution in [2.75, 3.05) is 26.6 Å². The number of nitrogens with one attached hydrogen (secondary N) is 1. The molecule has 8 heteroatoms. The lowest BCUT2D eigenvalue weighted by Gasteiger charge is -2.13. The van der Waals surface area contributed by atoms with Gasteiger partial charge in [0.05, 0.1) is 32.6 Å². The highest BCUT2D eigenvalue weighted by Gasteiger charge is 2.24. The van der Waals surface area contributed by atoms with Crippen LogP contribution in [0.25, 0.3) is 0 Å². The van der Waals surface area contributed by atoms with Crippen LogP contribution < -0.4 is 19.5 Å². The molecule has 0 bridgehead atoms. The molecule has 0 atom stereocenters. The first kappa shape index (κ1) is 17.5. The van der Waals surface area contributed by atoms with Crippen LogP contribution in [0.3, 0.4) is 0 Å². The molecule has 2 rings (SSSR count). The summed E-state index contributed by atoms with van der Waals surface area (Å²) in [6.07, 6.45) is 0. The van der Waals surface area contributed by atoms with E-state index in [0.717, 1.165) is 7.11 Å². The summed E-state index contributed by atoms with van der Waals surface area (Å²) in [4.78, 5) is 12.2. The predicted octanol–water partition coefficient (Wildman–Crippen LogP) is 3.38. The maximum atomic E-state index is 14.1. The van der Waals surface area contributed by atoms with Gasteiger partial charge in [-0.3, -0.25) is 4.79 Å². The van der Waals surface area contributed by atoms with E-state index in [0.29, 0.717) is 11.8 Å². The zero-order valence-electron chi connectivity index (χ0n) is 13.1. The van der Waals surface area contributed by atoms with Gasteiger partial charge in [-0.15, -0.1) is 0 Å². The Bertz CT molecular complexity index is 780. The number of carbonyl (C=O) groups excluding carboxylic acids is 1. The lowest BCUT2D eigenvalue weighted by molar-refractivity contribution is 0.102. The van der Waals surface area contributed by atoms with Crippen LogP contribution in [0, 0.1) is 17.5 Å². The lowest BCUT2D eigenvalue weighted by Crippen LogP contribution is -2.16. The molecule has 0 saturated carbocycles. The van der Waals surface area contributed by atoms with Gasteiger partial charge in [0.25, 0.3) is 5.91 Å². The van der Waals surface area contributed by atoms with Gasteiger partial charge in [0, 0.05) is 6.07 Å². The van der Waals surface area contributed by atoms with Gasteiger partial charge in [0.15, 0.2) is 17.4 Å². The molecule has 0 fully saturated rings. The van der Waals surface area contributed by atoms with E-state index in [1.807, 2.05) is 0 Å². The van der Waals surface area contributed by atoms with E-state index in [1.54, 1.807) is 6.07 Å². The van der Waals surface area contributed by atoms with Crippen LogP contribution in [0.4, 0.5) is 18.9 Å². The number of hydrogen-bond acceptors (Lipinski definition) is 4. The Morgan fingerprint density at radius 3 is 2.25 bits per heavy atom. The molecular formula is C16H14F3NO4. The second-order valence-electron chi connectivity index (χ2n) is 4.59. The van der Waals surface area contributed by atoms with Crippen molar-refractivity contribution in [1.29, 1.82) is 0 Å². The van der Waals surface area contributed by atoms with E-state index in [1.165, 1.54) is 26.4 Å². The zero-order valence-corrected chi connectivity index (χ0v) is 13.1. The Kier molecular flexibility index (Phi) is 5.18. The summed E-state index contributed by atoms with van der Waals surface area (Å²) in [6, 6.07) is 5.01. The van der Waals surface area contributed by atoms with Crippen molar-refractivity contribution >= 4 is 11.6 Å². The second-order valence-corrected chi connectivity index (χ2v) is 4.59. The van der Waals surface area contributed by atoms with Gasteiger partial charge in [-0.2, -0.15) is 4.39 Å². The summed E-state index contributed by atoms with van der Waals surface area (Å²) in [7, 11) is 3.76. The molecule has 2 aromatic carbocycles. The van der Waals surface area contributed by atoms with Crippen LogP contribution in [0.15, 0.2) is 24.3 Å². The number of amides is 1. The number of halogens is 3. The van der Waals surface area contributed by atoms with Gasteiger partial charge in [-0.1, -0.05) is 0 Å². The smallest absolute Gasteiger partial charge is 0.258 e. The fraction of sp³-hybridized carbons (Fsp3) is 0.188. The summed E-state index contributed by atoms with van der Waals surface area (Å²) in [6.45, 7) is 0. The largest absolute Gasteiger partial charge is 0.497 e. The standard InChI is InChI=1S/C16H14F3NO4/c1-22-8-4-5-12(23-2)11(6-8)20-16(21)9-7-10(17)14(19)15(24-3)13(9)18/h4-7H,1-3H3,(H,20,21). The average molecular weight is 341 g/mol. The van der Waals surface area contributed by atoms with E-state index < -0.39 is 34.7 Å². The van der Waals surface area contributed by atoms with Crippen LogP contribution in [-0.2, 0) is 0 Å². The quantitative estimate of drug-likeness (QED) is 0.847. The Hall–Kier alpha value is -2.90. The van der Waals surface area contributed by atoms with Gasteiger partial charge in [0.2, 0.25) is 5.82 Å². The molecule has 0 spiro atoms. The minimum Gasteiger partial charge on any atom is -0.497 e. The third-order valence-corrected chi connectivity index (χ3v) is 3.22. The molecule has 128 valence electrons. The van der Waals surface area contributed by atoms with Crippen molar-refractivity contribution < 1.29 is 32.2 Å². The fourth-order valence-electron chi connectivity index (χ4n) is 2.03. The number of methoxy groups -OCH3 is 3. The predicted molar refractivity (Wildman–Crippen MR) is 80.4 cm³/mol. The molecule has 1 amide bonds. The Labute approximate surface area is 135 Å². The van der Waals surface area contributed by atoms with E-state index in [4.69, 9.17) is 9.47 Å². The molecule has 0 radical (unpaired) electrons. The summed E-state index contributed by atoms with van der Waals surface area (Å²) in [5.74, 6) is -5.51. The van der Waals surface area contributed by atoms with Gasteiger partial charge in [-0.25, -0.2) is 8.78 Å². The summed E-state index contributed by atoms with van der Waals surface area (Å²) in [5.41, 5.74) is -0.541. The van der Waals surface area contributed by atoms with Crippen LogP contribution in [0.1, 0.15) is 10.4 Å². The molecule has 0 aliphatic heterocycles.